The molecule has 170 valence electrons. The van der Waals surface area contributed by atoms with Gasteiger partial charge in [-0.1, -0.05) is 17.7 Å². The third kappa shape index (κ3) is 6.13. The summed E-state index contributed by atoms with van der Waals surface area (Å²) in [7, 11) is 0. The predicted molar refractivity (Wildman–Crippen MR) is 123 cm³/mol. The van der Waals surface area contributed by atoms with Crippen LogP contribution in [0.4, 0.5) is 5.69 Å². The number of esters is 1. The van der Waals surface area contributed by atoms with Crippen LogP contribution in [0.25, 0.3) is 11.0 Å². The lowest BCUT2D eigenvalue weighted by atomic mass is 10.2. The number of imidazole rings is 1. The fourth-order valence-electron chi connectivity index (χ4n) is 3.27. The zero-order chi connectivity index (χ0) is 23.1. The largest absolute Gasteiger partial charge is 0.494 e. The van der Waals surface area contributed by atoms with Gasteiger partial charge in [0.2, 0.25) is 0 Å². The van der Waals surface area contributed by atoms with Crippen LogP contribution in [0, 0.1) is 6.92 Å². The van der Waals surface area contributed by atoms with Crippen LogP contribution in [0.15, 0.2) is 36.4 Å². The Bertz CT molecular complexity index is 1110. The number of carbonyl (C=O) groups excluding carboxylic acids is 1. The Balaban J connectivity index is 1.73. The Labute approximate surface area is 191 Å². The monoisotopic (exact) mass is 459 g/mol. The van der Waals surface area contributed by atoms with Gasteiger partial charge in [-0.3, -0.25) is 9.59 Å². The number of carbonyl (C=O) groups is 2. The number of aryl methyl sites for hydroxylation is 1. The summed E-state index contributed by atoms with van der Waals surface area (Å²) in [5.74, 6) is 0.336. The first-order valence-corrected chi connectivity index (χ1v) is 10.7. The van der Waals surface area contributed by atoms with E-state index in [-0.39, 0.29) is 18.9 Å². The van der Waals surface area contributed by atoms with Crippen molar-refractivity contribution in [1.29, 1.82) is 0 Å². The molecule has 1 aromatic heterocycles. The number of benzene rings is 2. The molecule has 2 N–H and O–H groups in total. The summed E-state index contributed by atoms with van der Waals surface area (Å²) in [5, 5.41) is 12.3. The number of carboxylic acids is 1. The van der Waals surface area contributed by atoms with Gasteiger partial charge in [0, 0.05) is 23.2 Å². The van der Waals surface area contributed by atoms with Gasteiger partial charge in [0.05, 0.1) is 30.8 Å². The summed E-state index contributed by atoms with van der Waals surface area (Å²) < 4.78 is 12.7. The molecule has 3 rings (SSSR count). The van der Waals surface area contributed by atoms with E-state index >= 15 is 0 Å². The normalized spacial score (nSPS) is 10.8. The summed E-state index contributed by atoms with van der Waals surface area (Å²) in [6.45, 7) is 4.95. The van der Waals surface area contributed by atoms with Crippen molar-refractivity contribution in [2.75, 3.05) is 25.1 Å². The van der Waals surface area contributed by atoms with E-state index in [1.165, 1.54) is 0 Å². The van der Waals surface area contributed by atoms with Crippen LogP contribution in [-0.4, -0.2) is 46.4 Å². The molecule has 0 amide bonds. The highest BCUT2D eigenvalue weighted by molar-refractivity contribution is 6.31. The second-order valence-corrected chi connectivity index (χ2v) is 7.61. The predicted octanol–water partition coefficient (Wildman–Crippen LogP) is 4.27. The van der Waals surface area contributed by atoms with Crippen molar-refractivity contribution in [3.05, 3.63) is 52.8 Å². The molecular weight excluding hydrogens is 434 g/mol. The lowest BCUT2D eigenvalue weighted by Gasteiger charge is -2.12. The molecule has 0 spiro atoms. The number of rotatable bonds is 11. The number of nitrogens with one attached hydrogen (secondary N) is 1. The Morgan fingerprint density at radius 2 is 2.03 bits per heavy atom. The highest BCUT2D eigenvalue weighted by Gasteiger charge is 2.12. The fraction of sp³-hybridized carbons (Fsp3) is 0.348. The van der Waals surface area contributed by atoms with Gasteiger partial charge < -0.3 is 24.5 Å². The van der Waals surface area contributed by atoms with Gasteiger partial charge in [-0.05, 0) is 50.1 Å². The molecule has 32 heavy (non-hydrogen) atoms. The maximum Gasteiger partial charge on any atom is 0.325 e. The van der Waals surface area contributed by atoms with Crippen LogP contribution in [0.3, 0.4) is 0 Å². The minimum Gasteiger partial charge on any atom is -0.494 e. The number of ether oxygens (including phenoxy) is 2. The highest BCUT2D eigenvalue weighted by Crippen LogP contribution is 2.26. The molecule has 0 aliphatic rings. The first-order chi connectivity index (χ1) is 15.4. The standard InChI is InChI=1S/C23H26ClN3O5/c1-3-31-23(30)13-25-17-7-6-16(19(24)11-17)14-27-15(2)26-20-9-8-18(12-21(20)27)32-10-4-5-22(28)29/h6-9,11-12,25H,3-5,10,13-14H2,1-2H3,(H,28,29). The second-order valence-electron chi connectivity index (χ2n) is 7.21. The molecule has 0 unspecified atom stereocenters. The molecule has 0 aliphatic heterocycles. The van der Waals surface area contributed by atoms with Crippen LogP contribution < -0.4 is 10.1 Å². The van der Waals surface area contributed by atoms with Crippen LogP contribution >= 0.6 is 11.6 Å². The number of nitrogens with zero attached hydrogens (tertiary/aromatic N) is 2. The quantitative estimate of drug-likeness (QED) is 0.326. The molecular formula is C23H26ClN3O5. The van der Waals surface area contributed by atoms with E-state index in [2.05, 4.69) is 10.3 Å². The van der Waals surface area contributed by atoms with E-state index in [0.717, 1.165) is 28.1 Å². The maximum atomic E-state index is 11.5. The first-order valence-electron chi connectivity index (χ1n) is 10.4. The van der Waals surface area contributed by atoms with E-state index in [9.17, 15) is 9.59 Å². The summed E-state index contributed by atoms with van der Waals surface area (Å²) in [6.07, 6.45) is 0.514. The number of fused-ring (bicyclic) bond motifs is 1. The number of hydrogen-bond donors (Lipinski definition) is 2. The Hall–Kier alpha value is -3.26. The van der Waals surface area contributed by atoms with Crippen molar-refractivity contribution in [3.63, 3.8) is 0 Å². The zero-order valence-electron chi connectivity index (χ0n) is 18.1. The minimum absolute atomic E-state index is 0.0719. The van der Waals surface area contributed by atoms with Gasteiger partial charge in [-0.25, -0.2) is 4.98 Å². The van der Waals surface area contributed by atoms with Gasteiger partial charge in [-0.2, -0.15) is 0 Å². The summed E-state index contributed by atoms with van der Waals surface area (Å²) >= 11 is 6.51. The second kappa shape index (κ2) is 10.9. The lowest BCUT2D eigenvalue weighted by Crippen LogP contribution is -2.16. The molecule has 0 saturated carbocycles. The Morgan fingerprint density at radius 3 is 2.75 bits per heavy atom. The summed E-state index contributed by atoms with van der Waals surface area (Å²) in [6, 6.07) is 11.2. The van der Waals surface area contributed by atoms with Crippen molar-refractivity contribution in [3.8, 4) is 5.75 Å². The Morgan fingerprint density at radius 1 is 1.22 bits per heavy atom. The molecule has 0 aliphatic carbocycles. The lowest BCUT2D eigenvalue weighted by molar-refractivity contribution is -0.141. The van der Waals surface area contributed by atoms with E-state index in [4.69, 9.17) is 26.2 Å². The topological polar surface area (TPSA) is 103 Å². The SMILES string of the molecule is CCOC(=O)CNc1ccc(Cn2c(C)nc3ccc(OCCCC(=O)O)cc32)c(Cl)c1. The van der Waals surface area contributed by atoms with E-state index in [1.54, 1.807) is 13.0 Å². The average molecular weight is 460 g/mol. The first kappa shape index (κ1) is 23.4. The van der Waals surface area contributed by atoms with Crippen molar-refractivity contribution in [2.24, 2.45) is 0 Å². The van der Waals surface area contributed by atoms with Crippen LogP contribution in [0.5, 0.6) is 5.75 Å². The summed E-state index contributed by atoms with van der Waals surface area (Å²) in [4.78, 5) is 26.8. The molecule has 0 atom stereocenters. The maximum absolute atomic E-state index is 11.5. The van der Waals surface area contributed by atoms with Gasteiger partial charge in [0.25, 0.3) is 0 Å². The number of halogens is 1. The molecule has 0 saturated heterocycles. The molecule has 0 fully saturated rings. The van der Waals surface area contributed by atoms with E-state index in [0.29, 0.717) is 37.0 Å². The molecule has 2 aromatic carbocycles. The molecule has 0 bridgehead atoms. The Kier molecular flexibility index (Phi) is 7.94. The zero-order valence-corrected chi connectivity index (χ0v) is 18.8. The molecule has 3 aromatic rings. The number of hydrogen-bond acceptors (Lipinski definition) is 6. The van der Waals surface area contributed by atoms with Crippen LogP contribution in [0.2, 0.25) is 5.02 Å². The van der Waals surface area contributed by atoms with Crippen molar-refractivity contribution < 1.29 is 24.2 Å². The summed E-state index contributed by atoms with van der Waals surface area (Å²) in [5.41, 5.74) is 3.38. The van der Waals surface area contributed by atoms with Gasteiger partial charge in [0.1, 0.15) is 18.1 Å². The highest BCUT2D eigenvalue weighted by atomic mass is 35.5. The smallest absolute Gasteiger partial charge is 0.325 e. The number of aliphatic carboxylic acids is 1. The van der Waals surface area contributed by atoms with Crippen molar-refractivity contribution >= 4 is 40.3 Å². The van der Waals surface area contributed by atoms with Crippen molar-refractivity contribution in [1.82, 2.24) is 9.55 Å². The van der Waals surface area contributed by atoms with E-state index in [1.807, 2.05) is 41.8 Å². The molecule has 9 heteroatoms. The number of anilines is 1. The fourth-order valence-corrected chi connectivity index (χ4v) is 3.51. The molecule has 1 heterocycles. The van der Waals surface area contributed by atoms with E-state index < -0.39 is 5.97 Å². The number of aromatic nitrogens is 2. The molecule has 8 nitrogen and oxygen atoms in total. The van der Waals surface area contributed by atoms with Gasteiger partial charge >= 0.3 is 11.9 Å². The average Bonchev–Trinajstić information content (AvgIpc) is 3.06. The van der Waals surface area contributed by atoms with Crippen molar-refractivity contribution in [2.45, 2.75) is 33.2 Å². The van der Waals surface area contributed by atoms with Gasteiger partial charge in [-0.15, -0.1) is 0 Å². The third-order valence-corrected chi connectivity index (χ3v) is 5.19. The number of carboxylic acid groups (broad SMARTS) is 1. The van der Waals surface area contributed by atoms with Crippen LogP contribution in [0.1, 0.15) is 31.2 Å². The minimum atomic E-state index is -0.836. The van der Waals surface area contributed by atoms with Gasteiger partial charge in [0.15, 0.2) is 0 Å². The molecule has 0 radical (unpaired) electrons. The van der Waals surface area contributed by atoms with Crippen LogP contribution in [-0.2, 0) is 20.9 Å². The third-order valence-electron chi connectivity index (χ3n) is 4.84.